The molecule has 5 heteroatoms. The molecule has 0 aromatic carbocycles. The van der Waals surface area contributed by atoms with E-state index in [0.29, 0.717) is 26.2 Å². The molecule has 0 heterocycles. The Hall–Kier alpha value is -0.650. The Morgan fingerprint density at radius 1 is 1.27 bits per heavy atom. The van der Waals surface area contributed by atoms with Gasteiger partial charge in [0.1, 0.15) is 6.04 Å². The maximum absolute atomic E-state index is 11.1. The molecule has 0 aliphatic rings. The molecule has 0 amide bonds. The van der Waals surface area contributed by atoms with Crippen molar-refractivity contribution in [2.75, 3.05) is 41.1 Å². The minimum atomic E-state index is -0.280. The van der Waals surface area contributed by atoms with Crippen LogP contribution in [-0.4, -0.2) is 53.1 Å². The van der Waals surface area contributed by atoms with Gasteiger partial charge in [-0.2, -0.15) is 0 Å². The Morgan fingerprint density at radius 3 is 2.53 bits per heavy atom. The summed E-state index contributed by atoms with van der Waals surface area (Å²) in [6.07, 6.45) is 1.50. The van der Waals surface area contributed by atoms with Crippen LogP contribution in [0.15, 0.2) is 0 Å². The molecule has 0 radical (unpaired) electrons. The van der Waals surface area contributed by atoms with Crippen LogP contribution in [0.5, 0.6) is 0 Å². The van der Waals surface area contributed by atoms with Crippen LogP contribution < -0.4 is 5.32 Å². The first-order chi connectivity index (χ1) is 7.26. The average Bonchev–Trinajstić information content (AvgIpc) is 2.27. The van der Waals surface area contributed by atoms with Gasteiger partial charge in [0.2, 0.25) is 0 Å². The quantitative estimate of drug-likeness (QED) is 0.443. The molecule has 0 spiro atoms. The van der Waals surface area contributed by atoms with E-state index in [1.807, 2.05) is 0 Å². The number of rotatable bonds is 9. The maximum Gasteiger partial charge on any atom is 0.322 e. The van der Waals surface area contributed by atoms with Gasteiger partial charge in [-0.3, -0.25) is 4.79 Å². The van der Waals surface area contributed by atoms with Crippen molar-refractivity contribution in [3.63, 3.8) is 0 Å². The second-order valence-electron chi connectivity index (χ2n) is 3.11. The minimum absolute atomic E-state index is 0.252. The van der Waals surface area contributed by atoms with Gasteiger partial charge in [-0.05, 0) is 19.9 Å². The summed E-state index contributed by atoms with van der Waals surface area (Å²) in [5.41, 5.74) is 0. The topological polar surface area (TPSA) is 56.8 Å². The Morgan fingerprint density at radius 2 is 2.00 bits per heavy atom. The highest BCUT2D eigenvalue weighted by molar-refractivity contribution is 5.75. The van der Waals surface area contributed by atoms with Gasteiger partial charge in [0, 0.05) is 26.9 Å². The van der Waals surface area contributed by atoms with Crippen molar-refractivity contribution in [1.29, 1.82) is 0 Å². The van der Waals surface area contributed by atoms with Gasteiger partial charge in [0.15, 0.2) is 0 Å². The highest BCUT2D eigenvalue weighted by atomic mass is 16.5. The van der Waals surface area contributed by atoms with Crippen molar-refractivity contribution in [2.24, 2.45) is 0 Å². The molecule has 0 bridgehead atoms. The van der Waals surface area contributed by atoms with Gasteiger partial charge >= 0.3 is 5.97 Å². The first kappa shape index (κ1) is 14.3. The number of likely N-dealkylation sites (N-methyl/N-ethyl adjacent to an activating group) is 1. The number of methoxy groups -OCH3 is 2. The number of esters is 1. The molecule has 1 N–H and O–H groups in total. The molecule has 1 unspecified atom stereocenters. The zero-order valence-electron chi connectivity index (χ0n) is 9.75. The van der Waals surface area contributed by atoms with E-state index in [9.17, 15) is 4.79 Å². The summed E-state index contributed by atoms with van der Waals surface area (Å²) in [5.74, 6) is -0.252. The van der Waals surface area contributed by atoms with E-state index < -0.39 is 0 Å². The van der Waals surface area contributed by atoms with Crippen LogP contribution >= 0.6 is 0 Å². The Labute approximate surface area is 91.1 Å². The molecule has 0 rings (SSSR count). The van der Waals surface area contributed by atoms with Crippen LogP contribution in [0, 0.1) is 0 Å². The third kappa shape index (κ3) is 7.30. The maximum atomic E-state index is 11.1. The van der Waals surface area contributed by atoms with Gasteiger partial charge < -0.3 is 19.5 Å². The summed E-state index contributed by atoms with van der Waals surface area (Å²) in [5, 5.41) is 2.88. The van der Waals surface area contributed by atoms with Crippen molar-refractivity contribution in [3.8, 4) is 0 Å². The number of ether oxygens (including phenoxy) is 3. The van der Waals surface area contributed by atoms with Gasteiger partial charge in [0.25, 0.3) is 0 Å². The second kappa shape index (κ2) is 9.89. The Balaban J connectivity index is 3.42. The summed E-state index contributed by atoms with van der Waals surface area (Å²) >= 11 is 0. The van der Waals surface area contributed by atoms with E-state index in [1.165, 1.54) is 7.11 Å². The molecule has 0 saturated heterocycles. The standard InChI is InChI=1S/C10H21NO4/c1-11-9(10(12)14-3)5-8-15-7-4-6-13-2/h9,11H,4-8H2,1-3H3. The number of carbonyl (C=O) groups is 1. The smallest absolute Gasteiger partial charge is 0.322 e. The lowest BCUT2D eigenvalue weighted by Crippen LogP contribution is -2.36. The molecule has 15 heavy (non-hydrogen) atoms. The average molecular weight is 219 g/mol. The van der Waals surface area contributed by atoms with Gasteiger partial charge in [0.05, 0.1) is 7.11 Å². The fraction of sp³-hybridized carbons (Fsp3) is 0.900. The van der Waals surface area contributed by atoms with Crippen molar-refractivity contribution < 1.29 is 19.0 Å². The molecule has 0 aromatic heterocycles. The fourth-order valence-corrected chi connectivity index (χ4v) is 1.13. The summed E-state index contributed by atoms with van der Waals surface area (Å²) in [4.78, 5) is 11.1. The van der Waals surface area contributed by atoms with E-state index in [4.69, 9.17) is 9.47 Å². The van der Waals surface area contributed by atoms with Gasteiger partial charge in [-0.1, -0.05) is 0 Å². The molecule has 0 aliphatic carbocycles. The second-order valence-corrected chi connectivity index (χ2v) is 3.11. The first-order valence-electron chi connectivity index (χ1n) is 5.08. The lowest BCUT2D eigenvalue weighted by molar-refractivity contribution is -0.143. The third-order valence-corrected chi connectivity index (χ3v) is 2.02. The number of nitrogens with one attached hydrogen (secondary N) is 1. The highest BCUT2D eigenvalue weighted by Gasteiger charge is 2.15. The summed E-state index contributed by atoms with van der Waals surface area (Å²) in [6.45, 7) is 1.90. The Bertz CT molecular complexity index is 164. The summed E-state index contributed by atoms with van der Waals surface area (Å²) in [7, 11) is 4.77. The van der Waals surface area contributed by atoms with Crippen molar-refractivity contribution >= 4 is 5.97 Å². The van der Waals surface area contributed by atoms with Crippen molar-refractivity contribution in [1.82, 2.24) is 5.32 Å². The molecule has 1 atom stereocenters. The number of carbonyl (C=O) groups excluding carboxylic acids is 1. The van der Waals surface area contributed by atoms with Crippen LogP contribution in [-0.2, 0) is 19.0 Å². The third-order valence-electron chi connectivity index (χ3n) is 2.02. The zero-order valence-corrected chi connectivity index (χ0v) is 9.75. The molecular weight excluding hydrogens is 198 g/mol. The molecular formula is C10H21NO4. The molecule has 0 saturated carbocycles. The van der Waals surface area contributed by atoms with Crippen LogP contribution in [0.4, 0.5) is 0 Å². The number of hydrogen-bond acceptors (Lipinski definition) is 5. The molecule has 0 fully saturated rings. The van der Waals surface area contributed by atoms with Crippen LogP contribution in [0.2, 0.25) is 0 Å². The van der Waals surface area contributed by atoms with E-state index >= 15 is 0 Å². The largest absolute Gasteiger partial charge is 0.468 e. The molecule has 90 valence electrons. The van der Waals surface area contributed by atoms with E-state index in [-0.39, 0.29) is 12.0 Å². The van der Waals surface area contributed by atoms with E-state index in [0.717, 1.165) is 6.42 Å². The molecule has 5 nitrogen and oxygen atoms in total. The Kier molecular flexibility index (Phi) is 9.46. The minimum Gasteiger partial charge on any atom is -0.468 e. The van der Waals surface area contributed by atoms with Crippen molar-refractivity contribution in [2.45, 2.75) is 18.9 Å². The SMILES string of the molecule is CNC(CCOCCCOC)C(=O)OC. The lowest BCUT2D eigenvalue weighted by atomic mass is 10.2. The van der Waals surface area contributed by atoms with Crippen LogP contribution in [0.25, 0.3) is 0 Å². The predicted octanol–water partition coefficient (Wildman–Crippen LogP) is 0.191. The van der Waals surface area contributed by atoms with Crippen LogP contribution in [0.1, 0.15) is 12.8 Å². The first-order valence-corrected chi connectivity index (χ1v) is 5.08. The van der Waals surface area contributed by atoms with E-state index in [1.54, 1.807) is 14.2 Å². The monoisotopic (exact) mass is 219 g/mol. The predicted molar refractivity (Wildman–Crippen MR) is 56.8 cm³/mol. The summed E-state index contributed by atoms with van der Waals surface area (Å²) in [6, 6.07) is -0.280. The molecule has 0 aromatic rings. The van der Waals surface area contributed by atoms with E-state index in [2.05, 4.69) is 10.1 Å². The summed E-state index contributed by atoms with van der Waals surface area (Å²) < 4.78 is 14.8. The van der Waals surface area contributed by atoms with Crippen molar-refractivity contribution in [3.05, 3.63) is 0 Å². The number of hydrogen-bond donors (Lipinski definition) is 1. The normalized spacial score (nSPS) is 12.5. The van der Waals surface area contributed by atoms with Gasteiger partial charge in [-0.15, -0.1) is 0 Å². The zero-order chi connectivity index (χ0) is 11.5. The lowest BCUT2D eigenvalue weighted by Gasteiger charge is -2.13. The van der Waals surface area contributed by atoms with Gasteiger partial charge in [-0.25, -0.2) is 0 Å². The molecule has 0 aliphatic heterocycles. The highest BCUT2D eigenvalue weighted by Crippen LogP contribution is 1.95. The van der Waals surface area contributed by atoms with Crippen LogP contribution in [0.3, 0.4) is 0 Å². The fourth-order valence-electron chi connectivity index (χ4n) is 1.13.